The number of rotatable bonds is 7. The summed E-state index contributed by atoms with van der Waals surface area (Å²) in [7, 11) is 4.18. The first-order chi connectivity index (χ1) is 12.6. The van der Waals surface area contributed by atoms with Crippen molar-refractivity contribution < 1.29 is 9.32 Å². The Hall–Kier alpha value is -2.28. The molecule has 3 heterocycles. The minimum atomic E-state index is 0.234. The summed E-state index contributed by atoms with van der Waals surface area (Å²) in [6.07, 6.45) is 5.86. The minimum absolute atomic E-state index is 0.234. The first-order valence-electron chi connectivity index (χ1n) is 9.28. The van der Waals surface area contributed by atoms with E-state index in [0.29, 0.717) is 36.2 Å². The third-order valence-electron chi connectivity index (χ3n) is 4.64. The predicted octanol–water partition coefficient (Wildman–Crippen LogP) is 2.25. The minimum Gasteiger partial charge on any atom is -0.342 e. The zero-order valence-corrected chi connectivity index (χ0v) is 15.6. The van der Waals surface area contributed by atoms with E-state index >= 15 is 0 Å². The number of amides is 1. The molecule has 26 heavy (non-hydrogen) atoms. The van der Waals surface area contributed by atoms with Crippen LogP contribution in [-0.2, 0) is 11.2 Å². The molecule has 1 saturated heterocycles. The van der Waals surface area contributed by atoms with E-state index < -0.39 is 0 Å². The number of carbonyl (C=O) groups is 1. The molecule has 3 rings (SSSR count). The number of pyridine rings is 1. The molecule has 1 fully saturated rings. The molecule has 0 saturated carbocycles. The summed E-state index contributed by atoms with van der Waals surface area (Å²) in [5.74, 6) is 1.87. The summed E-state index contributed by atoms with van der Waals surface area (Å²) in [4.78, 5) is 25.3. The normalized spacial score (nSPS) is 17.7. The highest BCUT2D eigenvalue weighted by Crippen LogP contribution is 2.19. The summed E-state index contributed by atoms with van der Waals surface area (Å²) < 4.78 is 5.28. The van der Waals surface area contributed by atoms with Crippen LogP contribution in [0.4, 0.5) is 0 Å². The van der Waals surface area contributed by atoms with Gasteiger partial charge in [0.2, 0.25) is 17.6 Å². The second-order valence-corrected chi connectivity index (χ2v) is 7.19. The molecule has 0 spiro atoms. The molecule has 0 aromatic carbocycles. The van der Waals surface area contributed by atoms with Crippen molar-refractivity contribution in [1.29, 1.82) is 0 Å². The van der Waals surface area contributed by atoms with Gasteiger partial charge in [-0.05, 0) is 51.4 Å². The Bertz CT molecular complexity index is 701. The van der Waals surface area contributed by atoms with Crippen molar-refractivity contribution in [2.75, 3.05) is 33.7 Å². The predicted molar refractivity (Wildman–Crippen MR) is 98.3 cm³/mol. The van der Waals surface area contributed by atoms with Gasteiger partial charge in [-0.2, -0.15) is 4.98 Å². The lowest BCUT2D eigenvalue weighted by molar-refractivity contribution is -0.133. The van der Waals surface area contributed by atoms with Crippen molar-refractivity contribution >= 4 is 5.91 Å². The quantitative estimate of drug-likeness (QED) is 0.757. The average Bonchev–Trinajstić information content (AvgIpc) is 3.11. The van der Waals surface area contributed by atoms with Crippen LogP contribution in [0.1, 0.15) is 31.6 Å². The van der Waals surface area contributed by atoms with Crippen LogP contribution in [0, 0.1) is 5.92 Å². The largest absolute Gasteiger partial charge is 0.342 e. The van der Waals surface area contributed by atoms with Crippen LogP contribution in [0.25, 0.3) is 11.5 Å². The van der Waals surface area contributed by atoms with E-state index in [1.807, 2.05) is 23.1 Å². The Balaban J connectivity index is 1.44. The zero-order chi connectivity index (χ0) is 18.4. The van der Waals surface area contributed by atoms with Crippen LogP contribution in [-0.4, -0.2) is 64.6 Å². The number of piperidine rings is 1. The Labute approximate surface area is 154 Å². The maximum absolute atomic E-state index is 12.5. The van der Waals surface area contributed by atoms with Gasteiger partial charge in [0.1, 0.15) is 5.69 Å². The number of likely N-dealkylation sites (tertiary alicyclic amines) is 1. The molecule has 7 heteroatoms. The fraction of sp³-hybridized carbons (Fsp3) is 0.579. The zero-order valence-electron chi connectivity index (χ0n) is 15.6. The lowest BCUT2D eigenvalue weighted by Crippen LogP contribution is -2.42. The summed E-state index contributed by atoms with van der Waals surface area (Å²) in [6, 6.07) is 5.58. The Kier molecular flexibility index (Phi) is 6.33. The molecule has 2 aromatic heterocycles. The summed E-state index contributed by atoms with van der Waals surface area (Å²) in [5, 5.41) is 3.96. The van der Waals surface area contributed by atoms with E-state index in [4.69, 9.17) is 4.52 Å². The summed E-state index contributed by atoms with van der Waals surface area (Å²) in [5.41, 5.74) is 0.693. The number of carbonyl (C=O) groups excluding carboxylic acids is 1. The van der Waals surface area contributed by atoms with Crippen LogP contribution < -0.4 is 0 Å². The molecule has 0 N–H and O–H groups in total. The fourth-order valence-corrected chi connectivity index (χ4v) is 3.46. The van der Waals surface area contributed by atoms with Gasteiger partial charge >= 0.3 is 0 Å². The van der Waals surface area contributed by atoms with Crippen molar-refractivity contribution in [2.24, 2.45) is 5.92 Å². The number of aromatic nitrogens is 3. The molecule has 2 aromatic rings. The van der Waals surface area contributed by atoms with Gasteiger partial charge in [-0.15, -0.1) is 0 Å². The van der Waals surface area contributed by atoms with Crippen molar-refractivity contribution in [3.63, 3.8) is 0 Å². The monoisotopic (exact) mass is 357 g/mol. The van der Waals surface area contributed by atoms with Crippen molar-refractivity contribution in [1.82, 2.24) is 24.9 Å². The summed E-state index contributed by atoms with van der Waals surface area (Å²) in [6.45, 7) is 2.80. The standard InChI is InChI=1S/C19H27N5O2/c1-23(2)13-15-7-6-12-24(14-15)18(25)10-5-9-17-21-19(22-26-17)16-8-3-4-11-20-16/h3-4,8,11,15H,5-7,9-10,12-14H2,1-2H3/t15-/m1/s1. The van der Waals surface area contributed by atoms with E-state index in [2.05, 4.69) is 34.1 Å². The number of hydrogen-bond acceptors (Lipinski definition) is 6. The van der Waals surface area contributed by atoms with Gasteiger partial charge in [-0.3, -0.25) is 9.78 Å². The summed E-state index contributed by atoms with van der Waals surface area (Å²) >= 11 is 0. The lowest BCUT2D eigenvalue weighted by atomic mass is 9.97. The number of nitrogens with zero attached hydrogens (tertiary/aromatic N) is 5. The maximum atomic E-state index is 12.5. The molecule has 7 nitrogen and oxygen atoms in total. The molecule has 1 aliphatic heterocycles. The Morgan fingerprint density at radius 3 is 3.04 bits per heavy atom. The van der Waals surface area contributed by atoms with Gasteiger partial charge in [-0.25, -0.2) is 0 Å². The Morgan fingerprint density at radius 1 is 1.38 bits per heavy atom. The van der Waals surface area contributed by atoms with Crippen LogP contribution >= 0.6 is 0 Å². The highest BCUT2D eigenvalue weighted by atomic mass is 16.5. The first-order valence-corrected chi connectivity index (χ1v) is 9.28. The lowest BCUT2D eigenvalue weighted by Gasteiger charge is -2.34. The van der Waals surface area contributed by atoms with Gasteiger partial charge in [-0.1, -0.05) is 11.2 Å². The number of aryl methyl sites for hydroxylation is 1. The van der Waals surface area contributed by atoms with Crippen LogP contribution in [0.15, 0.2) is 28.9 Å². The molecular formula is C19H27N5O2. The van der Waals surface area contributed by atoms with Crippen LogP contribution in [0.3, 0.4) is 0 Å². The first kappa shape index (κ1) is 18.5. The van der Waals surface area contributed by atoms with Gasteiger partial charge in [0.05, 0.1) is 0 Å². The molecule has 0 unspecified atom stereocenters. The number of hydrogen-bond donors (Lipinski definition) is 0. The molecular weight excluding hydrogens is 330 g/mol. The highest BCUT2D eigenvalue weighted by Gasteiger charge is 2.23. The van der Waals surface area contributed by atoms with E-state index in [1.54, 1.807) is 6.20 Å². The van der Waals surface area contributed by atoms with Crippen LogP contribution in [0.2, 0.25) is 0 Å². The topological polar surface area (TPSA) is 75.4 Å². The maximum Gasteiger partial charge on any atom is 0.227 e. The van der Waals surface area contributed by atoms with Gasteiger partial charge in [0.15, 0.2) is 0 Å². The van der Waals surface area contributed by atoms with Crippen molar-refractivity contribution in [3.05, 3.63) is 30.3 Å². The smallest absolute Gasteiger partial charge is 0.227 e. The van der Waals surface area contributed by atoms with E-state index in [9.17, 15) is 4.79 Å². The molecule has 140 valence electrons. The second-order valence-electron chi connectivity index (χ2n) is 7.19. The van der Waals surface area contributed by atoms with E-state index in [-0.39, 0.29) is 5.91 Å². The van der Waals surface area contributed by atoms with Gasteiger partial charge < -0.3 is 14.3 Å². The average molecular weight is 357 g/mol. The van der Waals surface area contributed by atoms with E-state index in [0.717, 1.165) is 32.5 Å². The SMILES string of the molecule is CN(C)C[C@H]1CCCN(C(=O)CCCc2nc(-c3ccccn3)no2)C1. The third kappa shape index (κ3) is 5.11. The fourth-order valence-electron chi connectivity index (χ4n) is 3.46. The molecule has 1 atom stereocenters. The van der Waals surface area contributed by atoms with Crippen molar-refractivity contribution in [2.45, 2.75) is 32.1 Å². The molecule has 0 bridgehead atoms. The molecule has 1 aliphatic rings. The highest BCUT2D eigenvalue weighted by molar-refractivity contribution is 5.76. The molecule has 1 amide bonds. The third-order valence-corrected chi connectivity index (χ3v) is 4.64. The Morgan fingerprint density at radius 2 is 2.27 bits per heavy atom. The van der Waals surface area contributed by atoms with Crippen LogP contribution in [0.5, 0.6) is 0 Å². The van der Waals surface area contributed by atoms with E-state index in [1.165, 1.54) is 6.42 Å². The molecule has 0 radical (unpaired) electrons. The van der Waals surface area contributed by atoms with Gasteiger partial charge in [0, 0.05) is 38.7 Å². The molecule has 0 aliphatic carbocycles. The second kappa shape index (κ2) is 8.89. The van der Waals surface area contributed by atoms with Gasteiger partial charge in [0.25, 0.3) is 0 Å². The van der Waals surface area contributed by atoms with Crippen molar-refractivity contribution in [3.8, 4) is 11.5 Å².